The summed E-state index contributed by atoms with van der Waals surface area (Å²) in [6.07, 6.45) is 3.31. The van der Waals surface area contributed by atoms with Crippen molar-refractivity contribution >= 4 is 12.0 Å². The second-order valence-electron chi connectivity index (χ2n) is 4.75. The van der Waals surface area contributed by atoms with E-state index in [1.165, 1.54) is 6.08 Å². The topological polar surface area (TPSA) is 38.3 Å². The van der Waals surface area contributed by atoms with E-state index in [0.29, 0.717) is 0 Å². The first kappa shape index (κ1) is 14.9. The van der Waals surface area contributed by atoms with Crippen LogP contribution in [0.15, 0.2) is 60.7 Å². The van der Waals surface area contributed by atoms with Crippen LogP contribution in [0.2, 0.25) is 0 Å². The van der Waals surface area contributed by atoms with Crippen LogP contribution < -0.4 is 10.1 Å². The molecule has 0 aliphatic carbocycles. The van der Waals surface area contributed by atoms with Gasteiger partial charge >= 0.3 is 0 Å². The monoisotopic (exact) mass is 281 g/mol. The number of nitrogens with one attached hydrogen (secondary N) is 1. The highest BCUT2D eigenvalue weighted by atomic mass is 16.5. The molecule has 1 atom stereocenters. The molecule has 0 fully saturated rings. The van der Waals surface area contributed by atoms with Crippen LogP contribution in [0.5, 0.6) is 5.75 Å². The average molecular weight is 281 g/mol. The third-order valence-corrected chi connectivity index (χ3v) is 3.18. The van der Waals surface area contributed by atoms with Crippen LogP contribution >= 0.6 is 0 Å². The third-order valence-electron chi connectivity index (χ3n) is 3.18. The summed E-state index contributed by atoms with van der Waals surface area (Å²) in [4.78, 5) is 11.9. The van der Waals surface area contributed by atoms with Gasteiger partial charge in [0.2, 0.25) is 5.91 Å². The predicted molar refractivity (Wildman–Crippen MR) is 85.0 cm³/mol. The Labute approximate surface area is 125 Å². The molecule has 2 aromatic carbocycles. The third kappa shape index (κ3) is 4.49. The minimum Gasteiger partial charge on any atom is -0.497 e. The van der Waals surface area contributed by atoms with Crippen molar-refractivity contribution in [1.29, 1.82) is 0 Å². The molecule has 0 unspecified atom stereocenters. The summed E-state index contributed by atoms with van der Waals surface area (Å²) in [6, 6.07) is 17.4. The van der Waals surface area contributed by atoms with E-state index in [1.807, 2.05) is 61.5 Å². The molecule has 2 aromatic rings. The lowest BCUT2D eigenvalue weighted by atomic mass is 10.1. The van der Waals surface area contributed by atoms with E-state index in [9.17, 15) is 4.79 Å². The first-order valence-electron chi connectivity index (χ1n) is 6.86. The molecule has 108 valence electrons. The van der Waals surface area contributed by atoms with Gasteiger partial charge in [-0.1, -0.05) is 42.5 Å². The SMILES string of the molecule is COc1cccc(/C=C/C(=O)N[C@H](C)c2ccccc2)c1. The van der Waals surface area contributed by atoms with Crippen LogP contribution in [-0.2, 0) is 4.79 Å². The van der Waals surface area contributed by atoms with E-state index >= 15 is 0 Å². The predicted octanol–water partition coefficient (Wildman–Crippen LogP) is 3.59. The summed E-state index contributed by atoms with van der Waals surface area (Å²) < 4.78 is 5.15. The van der Waals surface area contributed by atoms with Crippen molar-refractivity contribution in [2.75, 3.05) is 7.11 Å². The number of methoxy groups -OCH3 is 1. The Kier molecular flexibility index (Phi) is 5.16. The number of carbonyl (C=O) groups excluding carboxylic acids is 1. The lowest BCUT2D eigenvalue weighted by Crippen LogP contribution is -2.24. The van der Waals surface area contributed by atoms with Crippen molar-refractivity contribution in [3.63, 3.8) is 0 Å². The zero-order valence-electron chi connectivity index (χ0n) is 12.2. The molecule has 0 aliphatic heterocycles. The Balaban J connectivity index is 1.96. The first-order chi connectivity index (χ1) is 10.2. The second kappa shape index (κ2) is 7.29. The van der Waals surface area contributed by atoms with Gasteiger partial charge in [0.15, 0.2) is 0 Å². The maximum atomic E-state index is 11.9. The highest BCUT2D eigenvalue weighted by Gasteiger charge is 2.06. The van der Waals surface area contributed by atoms with Gasteiger partial charge in [-0.25, -0.2) is 0 Å². The Morgan fingerprint density at radius 2 is 1.90 bits per heavy atom. The van der Waals surface area contributed by atoms with Gasteiger partial charge in [0, 0.05) is 6.08 Å². The number of carbonyl (C=O) groups is 1. The highest BCUT2D eigenvalue weighted by Crippen LogP contribution is 2.14. The molecule has 0 bridgehead atoms. The van der Waals surface area contributed by atoms with Crippen LogP contribution in [-0.4, -0.2) is 13.0 Å². The molecule has 1 amide bonds. The molecule has 0 spiro atoms. The molecule has 0 aromatic heterocycles. The molecule has 21 heavy (non-hydrogen) atoms. The van der Waals surface area contributed by atoms with E-state index < -0.39 is 0 Å². The normalized spacial score (nSPS) is 12.1. The zero-order chi connectivity index (χ0) is 15.1. The van der Waals surface area contributed by atoms with E-state index in [2.05, 4.69) is 5.32 Å². The summed E-state index contributed by atoms with van der Waals surface area (Å²) >= 11 is 0. The summed E-state index contributed by atoms with van der Waals surface area (Å²) in [6.45, 7) is 1.96. The summed E-state index contributed by atoms with van der Waals surface area (Å²) in [7, 11) is 1.62. The van der Waals surface area contributed by atoms with Crippen molar-refractivity contribution < 1.29 is 9.53 Å². The molecule has 2 rings (SSSR count). The molecule has 1 N–H and O–H groups in total. The van der Waals surface area contributed by atoms with Crippen molar-refractivity contribution in [2.45, 2.75) is 13.0 Å². The van der Waals surface area contributed by atoms with Crippen molar-refractivity contribution in [2.24, 2.45) is 0 Å². The second-order valence-corrected chi connectivity index (χ2v) is 4.75. The van der Waals surface area contributed by atoms with Gasteiger partial charge in [-0.15, -0.1) is 0 Å². The zero-order valence-corrected chi connectivity index (χ0v) is 12.2. The van der Waals surface area contributed by atoms with Gasteiger partial charge in [-0.2, -0.15) is 0 Å². The highest BCUT2D eigenvalue weighted by molar-refractivity contribution is 5.92. The number of hydrogen-bond acceptors (Lipinski definition) is 2. The maximum absolute atomic E-state index is 11.9. The summed E-state index contributed by atoms with van der Waals surface area (Å²) in [5.41, 5.74) is 2.01. The van der Waals surface area contributed by atoms with Gasteiger partial charge in [0.1, 0.15) is 5.75 Å². The number of hydrogen-bond donors (Lipinski definition) is 1. The number of amides is 1. The minimum atomic E-state index is -0.117. The van der Waals surface area contributed by atoms with Crippen LogP contribution in [0.1, 0.15) is 24.1 Å². The Morgan fingerprint density at radius 1 is 1.14 bits per heavy atom. The Hall–Kier alpha value is -2.55. The smallest absolute Gasteiger partial charge is 0.244 e. The molecule has 3 heteroatoms. The largest absolute Gasteiger partial charge is 0.497 e. The quantitative estimate of drug-likeness (QED) is 0.851. The fourth-order valence-electron chi connectivity index (χ4n) is 2.00. The Morgan fingerprint density at radius 3 is 2.62 bits per heavy atom. The standard InChI is InChI=1S/C18H19NO2/c1-14(16-8-4-3-5-9-16)19-18(20)12-11-15-7-6-10-17(13-15)21-2/h3-14H,1-2H3,(H,19,20)/b12-11+/t14-/m1/s1. The first-order valence-corrected chi connectivity index (χ1v) is 6.86. The molecule has 0 aliphatic rings. The molecule has 0 saturated carbocycles. The van der Waals surface area contributed by atoms with Gasteiger partial charge in [-0.05, 0) is 36.3 Å². The minimum absolute atomic E-state index is 0.0198. The number of ether oxygens (including phenoxy) is 1. The van der Waals surface area contributed by atoms with Crippen molar-refractivity contribution in [1.82, 2.24) is 5.32 Å². The van der Waals surface area contributed by atoms with E-state index in [1.54, 1.807) is 13.2 Å². The molecular formula is C18H19NO2. The van der Waals surface area contributed by atoms with Gasteiger partial charge in [0.05, 0.1) is 13.2 Å². The number of rotatable bonds is 5. The molecule has 0 radical (unpaired) electrons. The van der Waals surface area contributed by atoms with Crippen LogP contribution in [0, 0.1) is 0 Å². The lowest BCUT2D eigenvalue weighted by Gasteiger charge is -2.12. The summed E-state index contributed by atoms with van der Waals surface area (Å²) in [5, 5.41) is 2.94. The van der Waals surface area contributed by atoms with Crippen LogP contribution in [0.3, 0.4) is 0 Å². The fraction of sp³-hybridized carbons (Fsp3) is 0.167. The van der Waals surface area contributed by atoms with E-state index in [-0.39, 0.29) is 11.9 Å². The maximum Gasteiger partial charge on any atom is 0.244 e. The van der Waals surface area contributed by atoms with Crippen molar-refractivity contribution in [3.8, 4) is 5.75 Å². The molecule has 0 saturated heterocycles. The Bertz CT molecular complexity index is 620. The fourth-order valence-corrected chi connectivity index (χ4v) is 2.00. The lowest BCUT2D eigenvalue weighted by molar-refractivity contribution is -0.117. The van der Waals surface area contributed by atoms with E-state index in [4.69, 9.17) is 4.74 Å². The molecule has 0 heterocycles. The van der Waals surface area contributed by atoms with Gasteiger partial charge < -0.3 is 10.1 Å². The molecule has 3 nitrogen and oxygen atoms in total. The van der Waals surface area contributed by atoms with Gasteiger partial charge in [-0.3, -0.25) is 4.79 Å². The number of benzene rings is 2. The van der Waals surface area contributed by atoms with Gasteiger partial charge in [0.25, 0.3) is 0 Å². The van der Waals surface area contributed by atoms with Crippen LogP contribution in [0.25, 0.3) is 6.08 Å². The van der Waals surface area contributed by atoms with E-state index in [0.717, 1.165) is 16.9 Å². The van der Waals surface area contributed by atoms with Crippen LogP contribution in [0.4, 0.5) is 0 Å². The van der Waals surface area contributed by atoms with Crippen molar-refractivity contribution in [3.05, 3.63) is 71.8 Å². The summed E-state index contributed by atoms with van der Waals surface area (Å²) in [5.74, 6) is 0.657. The average Bonchev–Trinajstić information content (AvgIpc) is 2.54. The molecular weight excluding hydrogens is 262 g/mol.